The zero-order valence-corrected chi connectivity index (χ0v) is 11.9. The van der Waals surface area contributed by atoms with Gasteiger partial charge in [-0.05, 0) is 37.5 Å². The monoisotopic (exact) mass is 313 g/mol. The fourth-order valence-corrected chi connectivity index (χ4v) is 2.01. The molecule has 1 heterocycles. The molecule has 0 amide bonds. The topological polar surface area (TPSA) is 30.7 Å². The number of alkyl halides is 1. The number of hydrogen-bond donors (Lipinski definition) is 0. The molecule has 1 aromatic heterocycles. The van der Waals surface area contributed by atoms with E-state index in [0.717, 1.165) is 28.7 Å². The summed E-state index contributed by atoms with van der Waals surface area (Å²) in [4.78, 5) is 0. The highest BCUT2D eigenvalue weighted by Gasteiger charge is 2.04. The van der Waals surface area contributed by atoms with Crippen molar-refractivity contribution >= 4 is 27.5 Å². The summed E-state index contributed by atoms with van der Waals surface area (Å²) in [5.74, 6) is 0.656. The molecule has 0 fully saturated rings. The highest BCUT2D eigenvalue weighted by Crippen LogP contribution is 2.19. The second-order valence-corrected chi connectivity index (χ2v) is 5.11. The normalized spacial score (nSPS) is 10.8. The van der Waals surface area contributed by atoms with Gasteiger partial charge in [0.15, 0.2) is 0 Å². The molecule has 5 heteroatoms. The molecule has 90 valence electrons. The zero-order valence-electron chi connectivity index (χ0n) is 9.53. The maximum Gasteiger partial charge on any atom is 0.0832 e. The highest BCUT2D eigenvalue weighted by molar-refractivity contribution is 9.10. The minimum Gasteiger partial charge on any atom is -0.220 e. The fourth-order valence-electron chi connectivity index (χ4n) is 1.51. The number of halogens is 2. The number of nitrogens with zero attached hydrogens (tertiary/aromatic N) is 3. The van der Waals surface area contributed by atoms with Crippen LogP contribution in [0.25, 0.3) is 5.69 Å². The third-order valence-electron chi connectivity index (χ3n) is 2.53. The van der Waals surface area contributed by atoms with Gasteiger partial charge in [0.2, 0.25) is 0 Å². The van der Waals surface area contributed by atoms with Gasteiger partial charge in [0.05, 0.1) is 17.6 Å². The second-order valence-electron chi connectivity index (χ2n) is 3.88. The van der Waals surface area contributed by atoms with E-state index in [-0.39, 0.29) is 0 Å². The Morgan fingerprint density at radius 3 is 2.94 bits per heavy atom. The number of benzene rings is 1. The van der Waals surface area contributed by atoms with Crippen molar-refractivity contribution in [2.75, 3.05) is 5.88 Å². The van der Waals surface area contributed by atoms with Crippen molar-refractivity contribution in [1.29, 1.82) is 0 Å². The van der Waals surface area contributed by atoms with E-state index in [0.29, 0.717) is 5.88 Å². The average molecular weight is 315 g/mol. The molecule has 1 aromatic carbocycles. The van der Waals surface area contributed by atoms with Crippen LogP contribution in [0.5, 0.6) is 0 Å². The molecule has 0 saturated carbocycles. The predicted molar refractivity (Wildman–Crippen MR) is 72.8 cm³/mol. The highest BCUT2D eigenvalue weighted by atomic mass is 79.9. The smallest absolute Gasteiger partial charge is 0.0832 e. The van der Waals surface area contributed by atoms with Crippen LogP contribution in [-0.4, -0.2) is 20.9 Å². The van der Waals surface area contributed by atoms with E-state index in [1.807, 2.05) is 18.3 Å². The van der Waals surface area contributed by atoms with Gasteiger partial charge in [0, 0.05) is 10.4 Å². The first-order valence-electron chi connectivity index (χ1n) is 5.44. The number of aryl methyl sites for hydroxylation is 2. The zero-order chi connectivity index (χ0) is 12.3. The second kappa shape index (κ2) is 5.65. The SMILES string of the molecule is Cc1ccc(-n2cc(CCCCl)nn2)cc1Br. The van der Waals surface area contributed by atoms with Gasteiger partial charge >= 0.3 is 0 Å². The summed E-state index contributed by atoms with van der Waals surface area (Å²) in [5, 5.41) is 8.23. The molecule has 0 aliphatic carbocycles. The van der Waals surface area contributed by atoms with Crippen LogP contribution < -0.4 is 0 Å². The lowest BCUT2D eigenvalue weighted by molar-refractivity contribution is 0.791. The van der Waals surface area contributed by atoms with E-state index < -0.39 is 0 Å². The van der Waals surface area contributed by atoms with E-state index in [2.05, 4.69) is 39.2 Å². The van der Waals surface area contributed by atoms with Gasteiger partial charge in [0.1, 0.15) is 0 Å². The van der Waals surface area contributed by atoms with Crippen molar-refractivity contribution in [2.24, 2.45) is 0 Å². The third-order valence-corrected chi connectivity index (χ3v) is 3.65. The van der Waals surface area contributed by atoms with E-state index in [9.17, 15) is 0 Å². The molecule has 2 aromatic rings. The van der Waals surface area contributed by atoms with Gasteiger partial charge in [-0.15, -0.1) is 16.7 Å². The van der Waals surface area contributed by atoms with Crippen molar-refractivity contribution < 1.29 is 0 Å². The minimum atomic E-state index is 0.656. The van der Waals surface area contributed by atoms with Crippen LogP contribution in [0, 0.1) is 6.92 Å². The summed E-state index contributed by atoms with van der Waals surface area (Å²) < 4.78 is 2.86. The summed E-state index contributed by atoms with van der Waals surface area (Å²) in [5.41, 5.74) is 3.19. The van der Waals surface area contributed by atoms with E-state index >= 15 is 0 Å². The van der Waals surface area contributed by atoms with Gasteiger partial charge < -0.3 is 0 Å². The lowest BCUT2D eigenvalue weighted by Gasteiger charge is -2.02. The van der Waals surface area contributed by atoms with Crippen molar-refractivity contribution in [1.82, 2.24) is 15.0 Å². The molecule has 0 unspecified atom stereocenters. The molecular weight excluding hydrogens is 302 g/mol. The molecule has 0 aliphatic heterocycles. The van der Waals surface area contributed by atoms with Crippen LogP contribution in [0.15, 0.2) is 28.9 Å². The first-order chi connectivity index (χ1) is 8.20. The summed E-state index contributed by atoms with van der Waals surface area (Å²) in [7, 11) is 0. The Hall–Kier alpha value is -0.870. The first kappa shape index (κ1) is 12.6. The predicted octanol–water partition coefficient (Wildman–Crippen LogP) is 3.51. The molecular formula is C12H13BrClN3. The van der Waals surface area contributed by atoms with Gasteiger partial charge in [-0.1, -0.05) is 27.2 Å². The molecule has 0 radical (unpaired) electrons. The van der Waals surface area contributed by atoms with Crippen molar-refractivity contribution in [3.8, 4) is 5.69 Å². The molecule has 0 N–H and O–H groups in total. The lowest BCUT2D eigenvalue weighted by Crippen LogP contribution is -1.95. The Morgan fingerprint density at radius 2 is 2.24 bits per heavy atom. The van der Waals surface area contributed by atoms with E-state index in [1.165, 1.54) is 5.56 Å². The third kappa shape index (κ3) is 3.07. The number of aromatic nitrogens is 3. The van der Waals surface area contributed by atoms with Gasteiger partial charge in [0.25, 0.3) is 0 Å². The molecule has 3 nitrogen and oxygen atoms in total. The van der Waals surface area contributed by atoms with E-state index in [4.69, 9.17) is 11.6 Å². The molecule has 2 rings (SSSR count). The molecule has 0 atom stereocenters. The average Bonchev–Trinajstić information content (AvgIpc) is 2.79. The molecule has 0 spiro atoms. The maximum absolute atomic E-state index is 5.65. The fraction of sp³-hybridized carbons (Fsp3) is 0.333. The van der Waals surface area contributed by atoms with Crippen molar-refractivity contribution in [2.45, 2.75) is 19.8 Å². The Balaban J connectivity index is 2.21. The van der Waals surface area contributed by atoms with E-state index in [1.54, 1.807) is 4.68 Å². The number of rotatable bonds is 4. The lowest BCUT2D eigenvalue weighted by atomic mass is 10.2. The Morgan fingerprint density at radius 1 is 1.41 bits per heavy atom. The number of hydrogen-bond acceptors (Lipinski definition) is 2. The van der Waals surface area contributed by atoms with Crippen molar-refractivity contribution in [3.05, 3.63) is 40.1 Å². The Bertz CT molecular complexity index is 510. The standard InChI is InChI=1S/C12H13BrClN3/c1-9-4-5-11(7-12(9)13)17-8-10(15-16-17)3-2-6-14/h4-5,7-8H,2-3,6H2,1H3. The summed E-state index contributed by atoms with van der Waals surface area (Å²) >= 11 is 9.17. The van der Waals surface area contributed by atoms with Gasteiger partial charge in [-0.2, -0.15) is 0 Å². The summed E-state index contributed by atoms with van der Waals surface area (Å²) in [6.07, 6.45) is 3.75. The molecule has 0 aliphatic rings. The summed E-state index contributed by atoms with van der Waals surface area (Å²) in [6.45, 7) is 2.06. The van der Waals surface area contributed by atoms with Crippen LogP contribution in [0.3, 0.4) is 0 Å². The first-order valence-corrected chi connectivity index (χ1v) is 6.77. The molecule has 0 bridgehead atoms. The van der Waals surface area contributed by atoms with Gasteiger partial charge in [-0.3, -0.25) is 0 Å². The van der Waals surface area contributed by atoms with Crippen LogP contribution in [-0.2, 0) is 6.42 Å². The molecule has 0 saturated heterocycles. The van der Waals surface area contributed by atoms with Gasteiger partial charge in [-0.25, -0.2) is 4.68 Å². The minimum absolute atomic E-state index is 0.656. The van der Waals surface area contributed by atoms with Crippen LogP contribution in [0.4, 0.5) is 0 Å². The quantitative estimate of drug-likeness (QED) is 0.809. The van der Waals surface area contributed by atoms with Crippen molar-refractivity contribution in [3.63, 3.8) is 0 Å². The molecule has 17 heavy (non-hydrogen) atoms. The van der Waals surface area contributed by atoms with Crippen LogP contribution in [0.1, 0.15) is 17.7 Å². The Labute approximate surface area is 114 Å². The Kier molecular flexibility index (Phi) is 4.18. The largest absolute Gasteiger partial charge is 0.220 e. The maximum atomic E-state index is 5.65. The van der Waals surface area contributed by atoms with Crippen LogP contribution in [0.2, 0.25) is 0 Å². The summed E-state index contributed by atoms with van der Waals surface area (Å²) in [6, 6.07) is 6.12. The van der Waals surface area contributed by atoms with Crippen LogP contribution >= 0.6 is 27.5 Å².